The van der Waals surface area contributed by atoms with Crippen LogP contribution in [0.2, 0.25) is 5.02 Å². The maximum Gasteiger partial charge on any atom is 0.108 e. The third-order valence-corrected chi connectivity index (χ3v) is 3.04. The summed E-state index contributed by atoms with van der Waals surface area (Å²) in [6.45, 7) is 0. The van der Waals surface area contributed by atoms with E-state index in [4.69, 9.17) is 11.6 Å². The van der Waals surface area contributed by atoms with Gasteiger partial charge in [-0.2, -0.15) is 0 Å². The van der Waals surface area contributed by atoms with Crippen LogP contribution in [0.25, 0.3) is 11.0 Å². The smallest absolute Gasteiger partial charge is 0.108 e. The van der Waals surface area contributed by atoms with E-state index in [1.807, 2.05) is 12.1 Å². The van der Waals surface area contributed by atoms with Crippen LogP contribution in [-0.2, 0) is 0 Å². The Morgan fingerprint density at radius 2 is 2.17 bits per heavy atom. The number of hydrogen-bond donors (Lipinski definition) is 0. The maximum atomic E-state index is 6.02. The molecule has 0 fully saturated rings. The number of nitrogens with zero attached hydrogens (tertiary/aromatic N) is 2. The van der Waals surface area contributed by atoms with Crippen molar-refractivity contribution < 1.29 is 0 Å². The van der Waals surface area contributed by atoms with E-state index in [0.717, 1.165) is 14.6 Å². The summed E-state index contributed by atoms with van der Waals surface area (Å²) in [6, 6.07) is 3.74. The normalized spacial score (nSPS) is 10.5. The molecule has 0 amide bonds. The Bertz CT molecular complexity index is 430. The second-order valence-corrected chi connectivity index (χ2v) is 3.83. The maximum absolute atomic E-state index is 6.02. The SMILES string of the molecule is Clc1c(I)cnc2cccnc12. The second-order valence-electron chi connectivity index (χ2n) is 2.29. The molecule has 0 saturated heterocycles. The number of rotatable bonds is 0. The molecule has 0 bridgehead atoms. The largest absolute Gasteiger partial charge is 0.253 e. The third kappa shape index (κ3) is 1.27. The lowest BCUT2D eigenvalue weighted by atomic mass is 10.3. The molecule has 0 saturated carbocycles. The summed E-state index contributed by atoms with van der Waals surface area (Å²) in [6.07, 6.45) is 3.46. The topological polar surface area (TPSA) is 25.8 Å². The van der Waals surface area contributed by atoms with Gasteiger partial charge in [0.05, 0.1) is 14.1 Å². The molecule has 60 valence electrons. The highest BCUT2D eigenvalue weighted by atomic mass is 127. The monoisotopic (exact) mass is 290 g/mol. The van der Waals surface area contributed by atoms with Gasteiger partial charge in [0.1, 0.15) is 5.52 Å². The molecule has 0 N–H and O–H groups in total. The van der Waals surface area contributed by atoms with E-state index in [1.165, 1.54) is 0 Å². The molecule has 0 spiro atoms. The molecule has 2 aromatic rings. The van der Waals surface area contributed by atoms with Gasteiger partial charge in [0.2, 0.25) is 0 Å². The number of halogens is 2. The van der Waals surface area contributed by atoms with Gasteiger partial charge < -0.3 is 0 Å². The van der Waals surface area contributed by atoms with Crippen LogP contribution in [0.5, 0.6) is 0 Å². The summed E-state index contributed by atoms with van der Waals surface area (Å²) in [5, 5.41) is 0.682. The van der Waals surface area contributed by atoms with Gasteiger partial charge in [0, 0.05) is 12.4 Å². The summed E-state index contributed by atoms with van der Waals surface area (Å²) in [7, 11) is 0. The van der Waals surface area contributed by atoms with E-state index < -0.39 is 0 Å². The molecular formula is C8H4ClIN2. The first-order valence-corrected chi connectivity index (χ1v) is 4.79. The van der Waals surface area contributed by atoms with E-state index in [-0.39, 0.29) is 0 Å². The molecule has 0 aliphatic heterocycles. The van der Waals surface area contributed by atoms with Gasteiger partial charge in [-0.05, 0) is 34.7 Å². The van der Waals surface area contributed by atoms with Crippen LogP contribution in [0.3, 0.4) is 0 Å². The molecule has 0 unspecified atom stereocenters. The third-order valence-electron chi connectivity index (χ3n) is 1.52. The minimum absolute atomic E-state index is 0.682. The average molecular weight is 290 g/mol. The van der Waals surface area contributed by atoms with Crippen LogP contribution in [0.4, 0.5) is 0 Å². The van der Waals surface area contributed by atoms with Gasteiger partial charge in [-0.3, -0.25) is 9.97 Å². The van der Waals surface area contributed by atoms with Crippen LogP contribution in [0.15, 0.2) is 24.5 Å². The van der Waals surface area contributed by atoms with E-state index in [1.54, 1.807) is 12.4 Å². The first-order valence-electron chi connectivity index (χ1n) is 3.34. The molecule has 2 nitrogen and oxygen atoms in total. The lowest BCUT2D eigenvalue weighted by molar-refractivity contribution is 1.32. The molecule has 4 heteroatoms. The highest BCUT2D eigenvalue weighted by Gasteiger charge is 2.03. The van der Waals surface area contributed by atoms with Crippen molar-refractivity contribution in [2.75, 3.05) is 0 Å². The quantitative estimate of drug-likeness (QED) is 0.697. The van der Waals surface area contributed by atoms with Gasteiger partial charge in [0.25, 0.3) is 0 Å². The van der Waals surface area contributed by atoms with Crippen molar-refractivity contribution in [3.8, 4) is 0 Å². The Morgan fingerprint density at radius 3 is 3.00 bits per heavy atom. The Balaban J connectivity index is 2.91. The van der Waals surface area contributed by atoms with Gasteiger partial charge in [-0.25, -0.2) is 0 Å². The van der Waals surface area contributed by atoms with Gasteiger partial charge >= 0.3 is 0 Å². The highest BCUT2D eigenvalue weighted by Crippen LogP contribution is 2.24. The van der Waals surface area contributed by atoms with Crippen molar-refractivity contribution in [1.29, 1.82) is 0 Å². The number of fused-ring (bicyclic) bond motifs is 1. The second kappa shape index (κ2) is 3.14. The number of hydrogen-bond acceptors (Lipinski definition) is 2. The molecule has 0 aromatic carbocycles. The minimum Gasteiger partial charge on any atom is -0.253 e. The first kappa shape index (κ1) is 8.19. The van der Waals surface area contributed by atoms with Crippen LogP contribution < -0.4 is 0 Å². The molecule has 0 aliphatic carbocycles. The fourth-order valence-corrected chi connectivity index (χ4v) is 1.56. The van der Waals surface area contributed by atoms with E-state index in [9.17, 15) is 0 Å². The summed E-state index contributed by atoms with van der Waals surface area (Å²) < 4.78 is 0.931. The fraction of sp³-hybridized carbons (Fsp3) is 0. The Hall–Kier alpha value is -0.420. The van der Waals surface area contributed by atoms with E-state index in [2.05, 4.69) is 32.6 Å². The molecule has 2 aromatic heterocycles. The lowest BCUT2D eigenvalue weighted by Crippen LogP contribution is -1.85. The molecule has 0 aliphatic rings. The van der Waals surface area contributed by atoms with Crippen LogP contribution in [-0.4, -0.2) is 9.97 Å². The van der Waals surface area contributed by atoms with Crippen LogP contribution in [0, 0.1) is 3.57 Å². The van der Waals surface area contributed by atoms with Crippen LogP contribution >= 0.6 is 34.2 Å². The van der Waals surface area contributed by atoms with Crippen molar-refractivity contribution in [2.24, 2.45) is 0 Å². The summed E-state index contributed by atoms with van der Waals surface area (Å²) in [5.74, 6) is 0. The number of pyridine rings is 2. The van der Waals surface area contributed by atoms with Gasteiger partial charge in [-0.15, -0.1) is 0 Å². The minimum atomic E-state index is 0.682. The Kier molecular flexibility index (Phi) is 2.14. The molecule has 2 rings (SSSR count). The average Bonchev–Trinajstić information content (AvgIpc) is 2.12. The zero-order valence-electron chi connectivity index (χ0n) is 5.96. The highest BCUT2D eigenvalue weighted by molar-refractivity contribution is 14.1. The standard InChI is InChI=1S/C8H4ClIN2/c9-7-5(10)4-12-6-2-1-3-11-8(6)7/h1-4H. The van der Waals surface area contributed by atoms with Gasteiger partial charge in [-0.1, -0.05) is 11.6 Å². The molecule has 0 atom stereocenters. The van der Waals surface area contributed by atoms with Crippen molar-refractivity contribution in [1.82, 2.24) is 9.97 Å². The molecule has 12 heavy (non-hydrogen) atoms. The fourth-order valence-electron chi connectivity index (χ4n) is 0.966. The summed E-state index contributed by atoms with van der Waals surface area (Å²) in [4.78, 5) is 8.33. The predicted octanol–water partition coefficient (Wildman–Crippen LogP) is 2.89. The van der Waals surface area contributed by atoms with E-state index in [0.29, 0.717) is 5.02 Å². The Morgan fingerprint density at radius 1 is 1.33 bits per heavy atom. The zero-order chi connectivity index (χ0) is 8.55. The summed E-state index contributed by atoms with van der Waals surface area (Å²) in [5.41, 5.74) is 1.61. The van der Waals surface area contributed by atoms with Gasteiger partial charge in [0.15, 0.2) is 0 Å². The lowest BCUT2D eigenvalue weighted by Gasteiger charge is -1.98. The van der Waals surface area contributed by atoms with E-state index >= 15 is 0 Å². The van der Waals surface area contributed by atoms with Crippen molar-refractivity contribution in [3.05, 3.63) is 33.1 Å². The first-order chi connectivity index (χ1) is 5.79. The zero-order valence-corrected chi connectivity index (χ0v) is 8.87. The van der Waals surface area contributed by atoms with Crippen molar-refractivity contribution >= 4 is 45.2 Å². The van der Waals surface area contributed by atoms with Crippen molar-refractivity contribution in [3.63, 3.8) is 0 Å². The van der Waals surface area contributed by atoms with Crippen molar-refractivity contribution in [2.45, 2.75) is 0 Å². The number of aromatic nitrogens is 2. The molecule has 0 radical (unpaired) electrons. The molecule has 2 heterocycles. The molecular weight excluding hydrogens is 286 g/mol. The predicted molar refractivity (Wildman–Crippen MR) is 57.3 cm³/mol. The summed E-state index contributed by atoms with van der Waals surface area (Å²) >= 11 is 8.15. The Labute approximate surface area is 88.1 Å². The van der Waals surface area contributed by atoms with Crippen LogP contribution in [0.1, 0.15) is 0 Å².